The number of methoxy groups -OCH3 is 1. The van der Waals surface area contributed by atoms with Crippen LogP contribution >= 0.6 is 0 Å². The Balaban J connectivity index is 4.03. The van der Waals surface area contributed by atoms with E-state index in [1.807, 2.05) is 6.92 Å². The first kappa shape index (κ1) is 8.75. The van der Waals surface area contributed by atoms with Crippen LogP contribution in [0.5, 0.6) is 0 Å². The largest absolute Gasteiger partial charge is 0.469 e. The van der Waals surface area contributed by atoms with E-state index in [1.165, 1.54) is 7.11 Å². The van der Waals surface area contributed by atoms with Crippen molar-refractivity contribution in [2.45, 2.75) is 6.92 Å². The van der Waals surface area contributed by atoms with Gasteiger partial charge >= 0.3 is 0 Å². The number of amidine groups is 1. The van der Waals surface area contributed by atoms with Crippen molar-refractivity contribution in [3.05, 3.63) is 24.4 Å². The van der Waals surface area contributed by atoms with E-state index in [9.17, 15) is 0 Å². The highest BCUT2D eigenvalue weighted by molar-refractivity contribution is 5.71. The molecule has 0 aromatic carbocycles. The van der Waals surface area contributed by atoms with Gasteiger partial charge in [0, 0.05) is 6.20 Å². The van der Waals surface area contributed by atoms with Gasteiger partial charge in [0.2, 0.25) is 0 Å². The fourth-order valence-corrected chi connectivity index (χ4v) is 0.271. The Labute approximate surface area is 60.9 Å². The Morgan fingerprint density at radius 2 is 2.30 bits per heavy atom. The van der Waals surface area contributed by atoms with E-state index >= 15 is 0 Å². The van der Waals surface area contributed by atoms with Crippen LogP contribution in [0.1, 0.15) is 6.92 Å². The van der Waals surface area contributed by atoms with Crippen LogP contribution in [0.4, 0.5) is 0 Å². The van der Waals surface area contributed by atoms with Gasteiger partial charge in [0.25, 0.3) is 6.02 Å². The van der Waals surface area contributed by atoms with Gasteiger partial charge in [-0.15, -0.1) is 0 Å². The standard InChI is InChI=1S/C7H12N2O/c1-4-6(2)5-9-7(8)10-3/h4-5H,1H2,2-3H3,(H2,8,9)/b6-5-. The normalized spacial score (nSPS) is 13.0. The molecule has 0 spiro atoms. The summed E-state index contributed by atoms with van der Waals surface area (Å²) in [7, 11) is 1.47. The third kappa shape index (κ3) is 3.72. The average molecular weight is 140 g/mol. The molecule has 0 fully saturated rings. The van der Waals surface area contributed by atoms with E-state index in [-0.39, 0.29) is 6.02 Å². The van der Waals surface area contributed by atoms with E-state index in [0.29, 0.717) is 0 Å². The molecule has 3 heteroatoms. The summed E-state index contributed by atoms with van der Waals surface area (Å²) < 4.78 is 4.59. The maximum Gasteiger partial charge on any atom is 0.286 e. The number of rotatable bonds is 2. The molecule has 0 heterocycles. The zero-order chi connectivity index (χ0) is 7.98. The van der Waals surface area contributed by atoms with Crippen molar-refractivity contribution in [3.8, 4) is 0 Å². The van der Waals surface area contributed by atoms with Crippen molar-refractivity contribution in [3.63, 3.8) is 0 Å². The Kier molecular flexibility index (Phi) is 4.04. The van der Waals surface area contributed by atoms with Gasteiger partial charge in [0.15, 0.2) is 0 Å². The van der Waals surface area contributed by atoms with Gasteiger partial charge in [-0.05, 0) is 12.5 Å². The van der Waals surface area contributed by atoms with Crippen LogP contribution in [-0.4, -0.2) is 13.1 Å². The summed E-state index contributed by atoms with van der Waals surface area (Å²) in [5, 5.41) is 0. The first-order valence-corrected chi connectivity index (χ1v) is 2.87. The van der Waals surface area contributed by atoms with Gasteiger partial charge in [-0.25, -0.2) is 4.99 Å². The molecule has 0 aliphatic heterocycles. The molecular formula is C7H12N2O. The van der Waals surface area contributed by atoms with Crippen LogP contribution in [0.15, 0.2) is 29.4 Å². The van der Waals surface area contributed by atoms with Crippen LogP contribution in [0.3, 0.4) is 0 Å². The summed E-state index contributed by atoms with van der Waals surface area (Å²) in [5.41, 5.74) is 6.17. The lowest BCUT2D eigenvalue weighted by Crippen LogP contribution is -2.12. The smallest absolute Gasteiger partial charge is 0.286 e. The minimum atomic E-state index is 0.154. The molecule has 0 aliphatic carbocycles. The molecule has 2 N–H and O–H groups in total. The summed E-state index contributed by atoms with van der Waals surface area (Å²) >= 11 is 0. The second kappa shape index (κ2) is 4.61. The van der Waals surface area contributed by atoms with Crippen molar-refractivity contribution in [1.29, 1.82) is 0 Å². The molecule has 0 saturated heterocycles. The van der Waals surface area contributed by atoms with Crippen molar-refractivity contribution >= 4 is 6.02 Å². The quantitative estimate of drug-likeness (QED) is 0.354. The average Bonchev–Trinajstić information content (AvgIpc) is 1.99. The highest BCUT2D eigenvalue weighted by Crippen LogP contribution is 1.91. The van der Waals surface area contributed by atoms with E-state index in [4.69, 9.17) is 5.73 Å². The summed E-state index contributed by atoms with van der Waals surface area (Å²) in [5.74, 6) is 0. The molecule has 0 bridgehead atoms. The Hall–Kier alpha value is -1.25. The van der Waals surface area contributed by atoms with Crippen LogP contribution in [-0.2, 0) is 4.74 Å². The number of aliphatic imine (C=N–C) groups is 1. The summed E-state index contributed by atoms with van der Waals surface area (Å²) in [6, 6.07) is 0.154. The van der Waals surface area contributed by atoms with Gasteiger partial charge in [0.05, 0.1) is 7.11 Å². The summed E-state index contributed by atoms with van der Waals surface area (Å²) in [4.78, 5) is 3.75. The highest BCUT2D eigenvalue weighted by atomic mass is 16.5. The Morgan fingerprint density at radius 3 is 2.70 bits per heavy atom. The summed E-state index contributed by atoms with van der Waals surface area (Å²) in [6.45, 7) is 5.42. The molecular weight excluding hydrogens is 128 g/mol. The van der Waals surface area contributed by atoms with Gasteiger partial charge in [-0.1, -0.05) is 12.7 Å². The number of nitrogens with two attached hydrogens (primary N) is 1. The minimum Gasteiger partial charge on any atom is -0.469 e. The molecule has 0 radical (unpaired) electrons. The topological polar surface area (TPSA) is 47.6 Å². The summed E-state index contributed by atoms with van der Waals surface area (Å²) in [6.07, 6.45) is 3.28. The predicted molar refractivity (Wildman–Crippen MR) is 42.6 cm³/mol. The SMILES string of the molecule is C=C/C(C)=C\N=C(N)OC. The number of nitrogens with zero attached hydrogens (tertiary/aromatic N) is 1. The Morgan fingerprint density at radius 1 is 1.70 bits per heavy atom. The molecule has 0 aromatic rings. The fourth-order valence-electron chi connectivity index (χ4n) is 0.271. The van der Waals surface area contributed by atoms with Gasteiger partial charge in [-0.2, -0.15) is 0 Å². The molecule has 0 unspecified atom stereocenters. The molecule has 0 amide bonds. The predicted octanol–water partition coefficient (Wildman–Crippen LogP) is 1.04. The molecule has 0 aliphatic rings. The maximum atomic E-state index is 5.22. The second-order valence-corrected chi connectivity index (χ2v) is 1.75. The molecule has 0 aromatic heterocycles. The number of hydrogen-bond donors (Lipinski definition) is 1. The molecule has 3 nitrogen and oxygen atoms in total. The monoisotopic (exact) mass is 140 g/mol. The highest BCUT2D eigenvalue weighted by Gasteiger charge is 1.82. The lowest BCUT2D eigenvalue weighted by molar-refractivity contribution is 0.396. The van der Waals surface area contributed by atoms with Gasteiger partial charge in [0.1, 0.15) is 0 Å². The molecule has 56 valence electrons. The van der Waals surface area contributed by atoms with Crippen LogP contribution in [0.25, 0.3) is 0 Å². The first-order chi connectivity index (χ1) is 4.70. The fraction of sp³-hybridized carbons (Fsp3) is 0.286. The van der Waals surface area contributed by atoms with E-state index in [1.54, 1.807) is 12.3 Å². The number of allylic oxidation sites excluding steroid dienone is 2. The first-order valence-electron chi connectivity index (χ1n) is 2.87. The van der Waals surface area contributed by atoms with Gasteiger partial charge < -0.3 is 10.5 Å². The van der Waals surface area contributed by atoms with E-state index < -0.39 is 0 Å². The van der Waals surface area contributed by atoms with Crippen molar-refractivity contribution in [2.24, 2.45) is 10.7 Å². The van der Waals surface area contributed by atoms with E-state index in [0.717, 1.165) is 5.57 Å². The number of ether oxygens (including phenoxy) is 1. The van der Waals surface area contributed by atoms with Crippen LogP contribution in [0, 0.1) is 0 Å². The van der Waals surface area contributed by atoms with Crippen molar-refractivity contribution in [1.82, 2.24) is 0 Å². The Bertz CT molecular complexity index is 170. The molecule has 0 rings (SSSR count). The molecule has 0 atom stereocenters. The lowest BCUT2D eigenvalue weighted by atomic mass is 10.3. The maximum absolute atomic E-state index is 5.22. The van der Waals surface area contributed by atoms with Gasteiger partial charge in [-0.3, -0.25) is 0 Å². The lowest BCUT2D eigenvalue weighted by Gasteiger charge is -1.92. The van der Waals surface area contributed by atoms with Crippen LogP contribution in [0.2, 0.25) is 0 Å². The van der Waals surface area contributed by atoms with Crippen molar-refractivity contribution < 1.29 is 4.74 Å². The zero-order valence-corrected chi connectivity index (χ0v) is 6.29. The molecule has 0 saturated carbocycles. The second-order valence-electron chi connectivity index (χ2n) is 1.75. The minimum absolute atomic E-state index is 0.154. The third-order valence-electron chi connectivity index (χ3n) is 0.927. The van der Waals surface area contributed by atoms with E-state index in [2.05, 4.69) is 16.3 Å². The van der Waals surface area contributed by atoms with Crippen LogP contribution < -0.4 is 5.73 Å². The number of hydrogen-bond acceptors (Lipinski definition) is 2. The zero-order valence-electron chi connectivity index (χ0n) is 6.29. The third-order valence-corrected chi connectivity index (χ3v) is 0.927. The van der Waals surface area contributed by atoms with Crippen molar-refractivity contribution in [2.75, 3.05) is 7.11 Å². The molecule has 10 heavy (non-hydrogen) atoms.